The SMILES string of the molecule is COc1cc2nc(C)nc(NCc3cc(N)cc(C(F)(F)F)c3)c2cc1O[C@H]1CCOC1. The van der Waals surface area contributed by atoms with E-state index in [4.69, 9.17) is 19.9 Å². The van der Waals surface area contributed by atoms with E-state index in [0.717, 1.165) is 18.6 Å². The summed E-state index contributed by atoms with van der Waals surface area (Å²) >= 11 is 0. The number of fused-ring (bicyclic) bond motifs is 1. The van der Waals surface area contributed by atoms with Crippen molar-refractivity contribution in [3.63, 3.8) is 0 Å². The van der Waals surface area contributed by atoms with Gasteiger partial charge in [-0.05, 0) is 36.8 Å². The number of rotatable bonds is 6. The quantitative estimate of drug-likeness (QED) is 0.543. The van der Waals surface area contributed by atoms with Crippen molar-refractivity contribution in [1.29, 1.82) is 0 Å². The summed E-state index contributed by atoms with van der Waals surface area (Å²) in [7, 11) is 1.55. The Morgan fingerprint density at radius 3 is 2.66 bits per heavy atom. The van der Waals surface area contributed by atoms with Gasteiger partial charge in [0.1, 0.15) is 17.7 Å². The summed E-state index contributed by atoms with van der Waals surface area (Å²) in [4.78, 5) is 8.89. The van der Waals surface area contributed by atoms with E-state index in [0.29, 0.717) is 52.8 Å². The van der Waals surface area contributed by atoms with Gasteiger partial charge >= 0.3 is 6.18 Å². The average molecular weight is 448 g/mol. The number of nitrogen functional groups attached to an aromatic ring is 1. The number of nitrogens with one attached hydrogen (secondary N) is 1. The first kappa shape index (κ1) is 21.9. The molecule has 0 radical (unpaired) electrons. The Hall–Kier alpha value is -3.27. The molecule has 0 unspecified atom stereocenters. The summed E-state index contributed by atoms with van der Waals surface area (Å²) in [5, 5.41) is 3.77. The number of methoxy groups -OCH3 is 1. The number of benzene rings is 2. The highest BCUT2D eigenvalue weighted by molar-refractivity contribution is 5.91. The van der Waals surface area contributed by atoms with Crippen molar-refractivity contribution in [2.24, 2.45) is 0 Å². The number of nitrogens with zero attached hydrogens (tertiary/aromatic N) is 2. The van der Waals surface area contributed by atoms with E-state index < -0.39 is 11.7 Å². The van der Waals surface area contributed by atoms with Crippen molar-refractivity contribution in [3.8, 4) is 11.5 Å². The fourth-order valence-corrected chi connectivity index (χ4v) is 3.59. The van der Waals surface area contributed by atoms with Crippen LogP contribution in [0.25, 0.3) is 10.9 Å². The van der Waals surface area contributed by atoms with Gasteiger partial charge < -0.3 is 25.3 Å². The molecular weight excluding hydrogens is 425 g/mol. The lowest BCUT2D eigenvalue weighted by Gasteiger charge is -2.17. The summed E-state index contributed by atoms with van der Waals surface area (Å²) in [6.07, 6.45) is -3.79. The first-order valence-electron chi connectivity index (χ1n) is 10.0. The van der Waals surface area contributed by atoms with E-state index in [1.807, 2.05) is 0 Å². The molecule has 170 valence electrons. The Bertz CT molecular complexity index is 1130. The Kier molecular flexibility index (Phi) is 5.96. The first-order chi connectivity index (χ1) is 15.2. The van der Waals surface area contributed by atoms with Gasteiger partial charge in [0.2, 0.25) is 0 Å². The number of hydrogen-bond acceptors (Lipinski definition) is 7. The van der Waals surface area contributed by atoms with Crippen LogP contribution in [0.15, 0.2) is 30.3 Å². The molecule has 0 bridgehead atoms. The normalized spacial score (nSPS) is 16.3. The highest BCUT2D eigenvalue weighted by Gasteiger charge is 2.31. The van der Waals surface area contributed by atoms with Crippen molar-refractivity contribution in [3.05, 3.63) is 47.3 Å². The summed E-state index contributed by atoms with van der Waals surface area (Å²) in [6.45, 7) is 2.96. The molecule has 1 fully saturated rings. The van der Waals surface area contributed by atoms with E-state index >= 15 is 0 Å². The van der Waals surface area contributed by atoms with E-state index in [1.165, 1.54) is 6.07 Å². The highest BCUT2D eigenvalue weighted by atomic mass is 19.4. The molecule has 1 saturated heterocycles. The maximum Gasteiger partial charge on any atom is 0.416 e. The highest BCUT2D eigenvalue weighted by Crippen LogP contribution is 2.36. The van der Waals surface area contributed by atoms with Crippen LogP contribution in [-0.2, 0) is 17.5 Å². The largest absolute Gasteiger partial charge is 0.493 e. The third kappa shape index (κ3) is 4.80. The molecule has 2 aromatic carbocycles. The van der Waals surface area contributed by atoms with E-state index in [9.17, 15) is 13.2 Å². The number of hydrogen-bond donors (Lipinski definition) is 2. The second-order valence-corrected chi connectivity index (χ2v) is 7.56. The minimum absolute atomic E-state index is 0.0413. The summed E-state index contributed by atoms with van der Waals surface area (Å²) in [5.41, 5.74) is 5.93. The number of aromatic nitrogens is 2. The molecule has 0 spiro atoms. The van der Waals surface area contributed by atoms with E-state index in [1.54, 1.807) is 26.2 Å². The molecule has 4 rings (SSSR count). The van der Waals surface area contributed by atoms with Crippen LogP contribution in [0.1, 0.15) is 23.4 Å². The molecular formula is C22H23F3N4O3. The number of nitrogens with two attached hydrogens (primary N) is 1. The molecule has 7 nitrogen and oxygen atoms in total. The zero-order valence-electron chi connectivity index (χ0n) is 17.6. The van der Waals surface area contributed by atoms with Crippen molar-refractivity contribution in [2.45, 2.75) is 32.2 Å². The van der Waals surface area contributed by atoms with Gasteiger partial charge in [-0.2, -0.15) is 13.2 Å². The van der Waals surface area contributed by atoms with Crippen LogP contribution in [-0.4, -0.2) is 36.4 Å². The van der Waals surface area contributed by atoms with E-state index in [2.05, 4.69) is 15.3 Å². The number of ether oxygens (including phenoxy) is 3. The predicted molar refractivity (Wildman–Crippen MR) is 114 cm³/mol. The van der Waals surface area contributed by atoms with Gasteiger partial charge in [0.05, 0.1) is 31.4 Å². The number of aryl methyl sites for hydroxylation is 1. The van der Waals surface area contributed by atoms with Gasteiger partial charge in [-0.15, -0.1) is 0 Å². The van der Waals surface area contributed by atoms with Gasteiger partial charge in [-0.25, -0.2) is 9.97 Å². The van der Waals surface area contributed by atoms with Crippen LogP contribution in [0.4, 0.5) is 24.7 Å². The van der Waals surface area contributed by atoms with Crippen LogP contribution in [0.3, 0.4) is 0 Å². The summed E-state index contributed by atoms with van der Waals surface area (Å²) < 4.78 is 56.3. The van der Waals surface area contributed by atoms with Gasteiger partial charge in [0.25, 0.3) is 0 Å². The van der Waals surface area contributed by atoms with E-state index in [-0.39, 0.29) is 18.3 Å². The monoisotopic (exact) mass is 448 g/mol. The van der Waals surface area contributed by atoms with Crippen LogP contribution in [0.5, 0.6) is 11.5 Å². The van der Waals surface area contributed by atoms with Crippen molar-refractivity contribution in [2.75, 3.05) is 31.4 Å². The topological polar surface area (TPSA) is 91.5 Å². The molecule has 2 heterocycles. The third-order valence-corrected chi connectivity index (χ3v) is 5.08. The number of anilines is 2. The fraction of sp³-hybridized carbons (Fsp3) is 0.364. The lowest BCUT2D eigenvalue weighted by atomic mass is 10.1. The molecule has 1 aliphatic heterocycles. The molecule has 0 aliphatic carbocycles. The second kappa shape index (κ2) is 8.70. The molecule has 3 aromatic rings. The second-order valence-electron chi connectivity index (χ2n) is 7.56. The molecule has 32 heavy (non-hydrogen) atoms. The minimum Gasteiger partial charge on any atom is -0.493 e. The van der Waals surface area contributed by atoms with Crippen molar-refractivity contribution in [1.82, 2.24) is 9.97 Å². The predicted octanol–water partition coefficient (Wildman–Crippen LogP) is 4.33. The Morgan fingerprint density at radius 1 is 1.16 bits per heavy atom. The van der Waals surface area contributed by atoms with Crippen LogP contribution < -0.4 is 20.5 Å². The molecule has 0 saturated carbocycles. The Morgan fingerprint density at radius 2 is 1.97 bits per heavy atom. The maximum absolute atomic E-state index is 13.1. The lowest BCUT2D eigenvalue weighted by molar-refractivity contribution is -0.137. The van der Waals surface area contributed by atoms with Gasteiger partial charge in [0, 0.05) is 30.1 Å². The van der Waals surface area contributed by atoms with Crippen LogP contribution in [0.2, 0.25) is 0 Å². The number of halogens is 3. The number of alkyl halides is 3. The average Bonchev–Trinajstić information content (AvgIpc) is 3.24. The summed E-state index contributed by atoms with van der Waals surface area (Å²) in [5.74, 6) is 2.02. The standard InChI is InChI=1S/C22H23F3N4O3/c1-12-28-18-9-19(30-2)20(32-16-3-4-31-11-16)8-17(18)21(29-12)27-10-13-5-14(22(23,24)25)7-15(26)6-13/h5-9,16H,3-4,10-11,26H2,1-2H3,(H,27,28,29)/t16-/m0/s1. The van der Waals surface area contributed by atoms with Crippen molar-refractivity contribution < 1.29 is 27.4 Å². The fourth-order valence-electron chi connectivity index (χ4n) is 3.59. The lowest BCUT2D eigenvalue weighted by Crippen LogP contribution is -2.16. The van der Waals surface area contributed by atoms with Gasteiger partial charge in [0.15, 0.2) is 11.5 Å². The molecule has 0 amide bonds. The van der Waals surface area contributed by atoms with Gasteiger partial charge in [-0.3, -0.25) is 0 Å². The van der Waals surface area contributed by atoms with Crippen LogP contribution >= 0.6 is 0 Å². The smallest absolute Gasteiger partial charge is 0.416 e. The Labute approximate surface area is 182 Å². The summed E-state index contributed by atoms with van der Waals surface area (Å²) in [6, 6.07) is 7.00. The minimum atomic E-state index is -4.48. The Balaban J connectivity index is 1.67. The first-order valence-corrected chi connectivity index (χ1v) is 10.0. The molecule has 10 heteroatoms. The van der Waals surface area contributed by atoms with Gasteiger partial charge in [-0.1, -0.05) is 0 Å². The molecule has 1 aliphatic rings. The maximum atomic E-state index is 13.1. The zero-order chi connectivity index (χ0) is 22.9. The molecule has 1 atom stereocenters. The van der Waals surface area contributed by atoms with Crippen molar-refractivity contribution >= 4 is 22.4 Å². The molecule has 1 aromatic heterocycles. The third-order valence-electron chi connectivity index (χ3n) is 5.08. The van der Waals surface area contributed by atoms with Crippen LogP contribution in [0, 0.1) is 6.92 Å². The molecule has 3 N–H and O–H groups in total. The zero-order valence-corrected chi connectivity index (χ0v) is 17.6.